The molecule has 1 aromatic rings. The van der Waals surface area contributed by atoms with Crippen molar-refractivity contribution in [2.24, 2.45) is 5.92 Å². The first-order valence-corrected chi connectivity index (χ1v) is 9.00. The Morgan fingerprint density at radius 1 is 1.39 bits per heavy atom. The van der Waals surface area contributed by atoms with E-state index in [0.29, 0.717) is 18.9 Å². The zero-order valence-corrected chi connectivity index (χ0v) is 15.7. The van der Waals surface area contributed by atoms with Crippen molar-refractivity contribution < 1.29 is 9.59 Å². The molecular weight excluding hydrogens is 356 g/mol. The molecule has 4 nitrogen and oxygen atoms in total. The van der Waals surface area contributed by atoms with E-state index < -0.39 is 0 Å². The van der Waals surface area contributed by atoms with Gasteiger partial charge in [0.2, 0.25) is 11.8 Å². The first kappa shape index (κ1) is 18.0. The van der Waals surface area contributed by atoms with Gasteiger partial charge in [-0.3, -0.25) is 9.59 Å². The third-order valence-corrected chi connectivity index (χ3v) is 5.28. The van der Waals surface area contributed by atoms with Crippen molar-refractivity contribution in [3.63, 3.8) is 0 Å². The number of hydrogen-bond donors (Lipinski definition) is 0. The molecule has 0 saturated carbocycles. The van der Waals surface area contributed by atoms with Gasteiger partial charge in [-0.15, -0.1) is 0 Å². The summed E-state index contributed by atoms with van der Waals surface area (Å²) in [7, 11) is 0. The Hall–Kier alpha value is -1.36. The molecule has 0 spiro atoms. The molecule has 0 N–H and O–H groups in total. The van der Waals surface area contributed by atoms with Crippen molar-refractivity contribution in [3.05, 3.63) is 28.2 Å². The number of amides is 2. The van der Waals surface area contributed by atoms with E-state index in [0.717, 1.165) is 35.2 Å². The smallest absolute Gasteiger partial charge is 0.224 e. The van der Waals surface area contributed by atoms with E-state index in [-0.39, 0.29) is 11.8 Å². The van der Waals surface area contributed by atoms with Crippen molar-refractivity contribution in [2.75, 3.05) is 24.5 Å². The lowest BCUT2D eigenvalue weighted by Gasteiger charge is -2.31. The fraction of sp³-hybridized carbons (Fsp3) is 0.556. The van der Waals surface area contributed by atoms with Gasteiger partial charge in [0.05, 0.1) is 0 Å². The number of anilines is 1. The van der Waals surface area contributed by atoms with E-state index in [9.17, 15) is 9.59 Å². The molecule has 0 radical (unpaired) electrons. The van der Waals surface area contributed by atoms with Gasteiger partial charge >= 0.3 is 0 Å². The Labute approximate surface area is 147 Å². The van der Waals surface area contributed by atoms with Gasteiger partial charge in [-0.05, 0) is 49.4 Å². The fourth-order valence-corrected chi connectivity index (χ4v) is 3.29. The van der Waals surface area contributed by atoms with E-state index in [1.54, 1.807) is 11.8 Å². The Bertz CT molecular complexity index is 588. The van der Waals surface area contributed by atoms with Crippen LogP contribution in [0.15, 0.2) is 22.7 Å². The van der Waals surface area contributed by atoms with Gasteiger partial charge in [-0.1, -0.05) is 22.9 Å². The Balaban J connectivity index is 2.01. The lowest BCUT2D eigenvalue weighted by Crippen LogP contribution is -2.41. The third-order valence-electron chi connectivity index (χ3n) is 4.39. The van der Waals surface area contributed by atoms with Crippen molar-refractivity contribution in [2.45, 2.75) is 40.0 Å². The van der Waals surface area contributed by atoms with Gasteiger partial charge in [-0.25, -0.2) is 0 Å². The summed E-state index contributed by atoms with van der Waals surface area (Å²) in [4.78, 5) is 28.0. The fourth-order valence-electron chi connectivity index (χ4n) is 3.05. The van der Waals surface area contributed by atoms with E-state index >= 15 is 0 Å². The second-order valence-electron chi connectivity index (χ2n) is 6.44. The number of aryl methyl sites for hydroxylation is 1. The van der Waals surface area contributed by atoms with Crippen LogP contribution in [-0.4, -0.2) is 36.3 Å². The predicted octanol–water partition coefficient (Wildman–Crippen LogP) is 3.76. The maximum atomic E-state index is 12.4. The minimum absolute atomic E-state index is 0.0356. The van der Waals surface area contributed by atoms with Gasteiger partial charge in [0.15, 0.2) is 0 Å². The molecule has 1 aliphatic rings. The molecule has 0 aliphatic carbocycles. The van der Waals surface area contributed by atoms with Crippen molar-refractivity contribution in [1.82, 2.24) is 4.90 Å². The molecule has 1 atom stereocenters. The van der Waals surface area contributed by atoms with Crippen LogP contribution in [0.3, 0.4) is 0 Å². The monoisotopic (exact) mass is 380 g/mol. The molecule has 126 valence electrons. The van der Waals surface area contributed by atoms with Crippen LogP contribution in [-0.2, 0) is 9.59 Å². The number of benzene rings is 1. The van der Waals surface area contributed by atoms with Crippen LogP contribution in [0.25, 0.3) is 0 Å². The maximum absolute atomic E-state index is 12.4. The van der Waals surface area contributed by atoms with Crippen LogP contribution in [0.2, 0.25) is 0 Å². The zero-order chi connectivity index (χ0) is 17.0. The standard InChI is InChI=1S/C18H25BrN2O2/c1-13-5-4-9-20(12-13)18(23)8-10-21(15(3)22)16-6-7-17(19)14(2)11-16/h6-7,11,13H,4-5,8-10,12H2,1-3H3. The number of rotatable bonds is 4. The van der Waals surface area contributed by atoms with Crippen molar-refractivity contribution in [3.8, 4) is 0 Å². The highest BCUT2D eigenvalue weighted by Gasteiger charge is 2.22. The Morgan fingerprint density at radius 3 is 2.74 bits per heavy atom. The molecule has 1 unspecified atom stereocenters. The molecule has 1 saturated heterocycles. The quantitative estimate of drug-likeness (QED) is 0.797. The zero-order valence-electron chi connectivity index (χ0n) is 14.1. The number of nitrogens with zero attached hydrogens (tertiary/aromatic N) is 2. The Morgan fingerprint density at radius 2 is 2.13 bits per heavy atom. The highest BCUT2D eigenvalue weighted by Crippen LogP contribution is 2.23. The van der Waals surface area contributed by atoms with Crippen molar-refractivity contribution >= 4 is 33.4 Å². The molecule has 1 fully saturated rings. The van der Waals surface area contributed by atoms with Gasteiger partial charge in [0.1, 0.15) is 0 Å². The molecule has 2 amide bonds. The second-order valence-corrected chi connectivity index (χ2v) is 7.30. The molecule has 5 heteroatoms. The molecule has 0 aromatic heterocycles. The number of hydrogen-bond acceptors (Lipinski definition) is 2. The average molecular weight is 381 g/mol. The largest absolute Gasteiger partial charge is 0.342 e. The van der Waals surface area contributed by atoms with Crippen LogP contribution in [0.4, 0.5) is 5.69 Å². The lowest BCUT2D eigenvalue weighted by molar-refractivity contribution is -0.132. The number of carbonyl (C=O) groups excluding carboxylic acids is 2. The summed E-state index contributed by atoms with van der Waals surface area (Å²) >= 11 is 3.47. The molecular formula is C18H25BrN2O2. The van der Waals surface area contributed by atoms with Crippen molar-refractivity contribution in [1.29, 1.82) is 0 Å². The minimum atomic E-state index is -0.0356. The number of halogens is 1. The van der Waals surface area contributed by atoms with Crippen LogP contribution in [0.5, 0.6) is 0 Å². The second kappa shape index (κ2) is 7.95. The molecule has 1 aliphatic heterocycles. The maximum Gasteiger partial charge on any atom is 0.224 e. The summed E-state index contributed by atoms with van der Waals surface area (Å²) in [5, 5.41) is 0. The van der Waals surface area contributed by atoms with E-state index in [4.69, 9.17) is 0 Å². The van der Waals surface area contributed by atoms with Gasteiger partial charge in [-0.2, -0.15) is 0 Å². The third kappa shape index (κ3) is 4.80. The molecule has 1 aromatic carbocycles. The average Bonchev–Trinajstić information content (AvgIpc) is 2.50. The van der Waals surface area contributed by atoms with Gasteiger partial charge < -0.3 is 9.80 Å². The van der Waals surface area contributed by atoms with Crippen LogP contribution < -0.4 is 4.90 Å². The van der Waals surface area contributed by atoms with Crippen LogP contribution in [0, 0.1) is 12.8 Å². The molecule has 23 heavy (non-hydrogen) atoms. The van der Waals surface area contributed by atoms with E-state index in [1.807, 2.05) is 30.0 Å². The minimum Gasteiger partial charge on any atom is -0.342 e. The first-order valence-electron chi connectivity index (χ1n) is 8.20. The summed E-state index contributed by atoms with van der Waals surface area (Å²) in [6, 6.07) is 5.82. The Kier molecular flexibility index (Phi) is 6.22. The first-order chi connectivity index (χ1) is 10.9. The highest BCUT2D eigenvalue weighted by molar-refractivity contribution is 9.10. The SMILES string of the molecule is CC(=O)N(CCC(=O)N1CCCC(C)C1)c1ccc(Br)c(C)c1. The molecule has 0 bridgehead atoms. The van der Waals surface area contributed by atoms with E-state index in [1.165, 1.54) is 6.42 Å². The van der Waals surface area contributed by atoms with Crippen LogP contribution in [0.1, 0.15) is 38.7 Å². The highest BCUT2D eigenvalue weighted by atomic mass is 79.9. The van der Waals surface area contributed by atoms with Gasteiger partial charge in [0, 0.05) is 43.1 Å². The van der Waals surface area contributed by atoms with E-state index in [2.05, 4.69) is 22.9 Å². The van der Waals surface area contributed by atoms with Crippen LogP contribution >= 0.6 is 15.9 Å². The van der Waals surface area contributed by atoms with Gasteiger partial charge in [0.25, 0.3) is 0 Å². The topological polar surface area (TPSA) is 40.6 Å². The normalized spacial score (nSPS) is 17.9. The number of carbonyl (C=O) groups is 2. The number of likely N-dealkylation sites (tertiary alicyclic amines) is 1. The summed E-state index contributed by atoms with van der Waals surface area (Å²) in [6.07, 6.45) is 2.65. The summed E-state index contributed by atoms with van der Waals surface area (Å²) in [6.45, 7) is 7.85. The summed E-state index contributed by atoms with van der Waals surface area (Å²) in [5.74, 6) is 0.689. The number of piperidine rings is 1. The molecule has 2 rings (SSSR count). The molecule has 1 heterocycles. The summed E-state index contributed by atoms with van der Waals surface area (Å²) in [5.41, 5.74) is 1.92. The predicted molar refractivity (Wildman–Crippen MR) is 96.5 cm³/mol. The summed E-state index contributed by atoms with van der Waals surface area (Å²) < 4.78 is 1.02. The lowest BCUT2D eigenvalue weighted by atomic mass is 10.00.